The van der Waals surface area contributed by atoms with Gasteiger partial charge in [-0.3, -0.25) is 39.2 Å². The number of carbonyl (C=O) groups excluding carboxylic acids is 2. The Labute approximate surface area is 622 Å². The van der Waals surface area contributed by atoms with E-state index in [1.165, 1.54) is 50.5 Å². The van der Waals surface area contributed by atoms with E-state index < -0.39 is 12.3 Å². The Kier molecular flexibility index (Phi) is 39.8. The number of hydrogen-bond donors (Lipinski definition) is 0. The Morgan fingerprint density at radius 1 is 0.425 bits per heavy atom. The van der Waals surface area contributed by atoms with Crippen molar-refractivity contribution in [3.63, 3.8) is 0 Å². The van der Waals surface area contributed by atoms with E-state index in [1.54, 1.807) is 60.7 Å². The molecule has 2 aliphatic rings. The van der Waals surface area contributed by atoms with Crippen LogP contribution in [-0.2, 0) is 58.4 Å². The van der Waals surface area contributed by atoms with E-state index in [2.05, 4.69) is 125 Å². The molecule has 87 heavy (non-hydrogen) atoms. The van der Waals surface area contributed by atoms with Crippen molar-refractivity contribution < 1.29 is 98.7 Å². The van der Waals surface area contributed by atoms with Gasteiger partial charge in [-0.25, -0.2) is 0 Å². The molecular weight excluding hydrogens is 1800 g/mol. The van der Waals surface area contributed by atoms with Crippen LogP contribution in [0.25, 0.3) is 0 Å². The van der Waals surface area contributed by atoms with E-state index in [9.17, 15) is 40.2 Å². The number of rotatable bonds is 15. The summed E-state index contributed by atoms with van der Waals surface area (Å²) < 4.78 is 2.11. The molecule has 6 aromatic carbocycles. The predicted molar refractivity (Wildman–Crippen MR) is 342 cm³/mol. The van der Waals surface area contributed by atoms with Crippen LogP contribution in [0.15, 0.2) is 110 Å². The molecule has 0 N–H and O–H groups in total. The SMILES string of the molecule is CC#N.CC#N.O=Cc1cc(Cl)cc(Br)c1[O-].O=Cc1cc(Cl)cc(Br)c1[O-].[O-]c1c(Br)cc(Cl)cc1C=NCCN1CCN(CCN2CCN(CCN=Cc3cc(Cl)cc(Br)c3[O-])[C@H]2c2cc(Cl)cc(Br)c2[O-])[C@@H]1c1cc(Cl)cc(Br)c1[O-].[Zn+2].[Zn+2].[Zn+2]. The predicted octanol–water partition coefficient (Wildman–Crippen LogP) is 12.8. The van der Waals surface area contributed by atoms with Gasteiger partial charge in [-0.15, -0.1) is 0 Å². The second kappa shape index (κ2) is 41.6. The quantitative estimate of drug-likeness (QED) is 0.0526. The van der Waals surface area contributed by atoms with Gasteiger partial charge in [-0.2, -0.15) is 10.5 Å². The molecule has 2 aliphatic heterocycles. The van der Waals surface area contributed by atoms with Gasteiger partial charge in [0.2, 0.25) is 0 Å². The van der Waals surface area contributed by atoms with Crippen molar-refractivity contribution in [1.29, 1.82) is 10.5 Å². The van der Waals surface area contributed by atoms with Crippen LogP contribution in [-0.4, -0.2) is 110 Å². The van der Waals surface area contributed by atoms with Gasteiger partial charge in [0.1, 0.15) is 12.6 Å². The van der Waals surface area contributed by atoms with Gasteiger partial charge in [0, 0.05) is 147 Å². The standard InChI is InChI=1S/C38H36Br4Cl4N6O4.2C7H4BrClO2.2C2H3N.3Zn/c39-29-15-23(43)11-21(33(29)53)19-47-1-3-49-5-7-51(37(49)27-13-25(45)17-31(41)35(27)55)9-10-52-8-6-50(38(52)28-14-26(46)18-32(42)36(28)56)4-2-48-20-22-12-24(44)16-30(40)34(22)54;2*8-6-2-5(9)1-4(3-10)7(6)11;2*1-2-3;;;/h11-20,37-38,53-56H,1-10H2;2*1-3,11H;2*1H3;;;/q;;;;;3*+2/p-6/t37-,38-;;;;;;;/m1......./s1. The second-order valence-electron chi connectivity index (χ2n) is 17.5. The molecule has 0 aliphatic carbocycles. The third kappa shape index (κ3) is 24.8. The number of nitriles is 2. The van der Waals surface area contributed by atoms with Crippen LogP contribution >= 0.6 is 165 Å². The van der Waals surface area contributed by atoms with Crippen LogP contribution in [0.2, 0.25) is 30.1 Å². The number of carbonyl (C=O) groups is 2. The van der Waals surface area contributed by atoms with Gasteiger partial charge in [0.15, 0.2) is 0 Å². The summed E-state index contributed by atoms with van der Waals surface area (Å²) in [5, 5.41) is 91.4. The van der Waals surface area contributed by atoms with Crippen molar-refractivity contribution in [2.45, 2.75) is 26.2 Å². The molecule has 16 nitrogen and oxygen atoms in total. The monoisotopic (exact) mass is 1830 g/mol. The van der Waals surface area contributed by atoms with E-state index in [0.717, 1.165) is 0 Å². The molecular formula is C56H44Br6Cl6N8O8Zn3. The zero-order valence-electron chi connectivity index (χ0n) is 46.0. The van der Waals surface area contributed by atoms with Crippen molar-refractivity contribution in [2.24, 2.45) is 9.98 Å². The summed E-state index contributed by atoms with van der Waals surface area (Å²) in [6.07, 6.45) is 3.22. The molecule has 0 unspecified atom stereocenters. The van der Waals surface area contributed by atoms with Gasteiger partial charge in [0.25, 0.3) is 0 Å². The number of hydrogen-bond acceptors (Lipinski definition) is 16. The van der Waals surface area contributed by atoms with Crippen molar-refractivity contribution >= 4 is 190 Å². The molecule has 2 atom stereocenters. The van der Waals surface area contributed by atoms with Crippen LogP contribution < -0.4 is 30.6 Å². The average molecular weight is 1850 g/mol. The summed E-state index contributed by atoms with van der Waals surface area (Å²) in [4.78, 5) is 38.4. The van der Waals surface area contributed by atoms with E-state index in [1.807, 2.05) is 0 Å². The Bertz CT molecular complexity index is 3250. The molecule has 8 rings (SSSR count). The van der Waals surface area contributed by atoms with Gasteiger partial charge >= 0.3 is 58.4 Å². The minimum atomic E-state index is -0.401. The maximum atomic E-state index is 13.6. The van der Waals surface area contributed by atoms with E-state index in [0.29, 0.717) is 157 Å². The van der Waals surface area contributed by atoms with E-state index in [4.69, 9.17) is 80.1 Å². The molecule has 2 heterocycles. The number of nitrogens with zero attached hydrogens (tertiary/aromatic N) is 8. The fourth-order valence-electron chi connectivity index (χ4n) is 8.38. The zero-order chi connectivity index (χ0) is 62.5. The third-order valence-electron chi connectivity index (χ3n) is 11.9. The summed E-state index contributed by atoms with van der Waals surface area (Å²) in [5.41, 5.74) is 1.98. The number of halogens is 12. The maximum absolute atomic E-state index is 13.6. The molecule has 0 amide bonds. The van der Waals surface area contributed by atoms with Crippen molar-refractivity contribution in [2.75, 3.05) is 65.4 Å². The van der Waals surface area contributed by atoms with Crippen LogP contribution in [0.3, 0.4) is 0 Å². The summed E-state index contributed by atoms with van der Waals surface area (Å²) in [6, 6.07) is 21.9. The first-order chi connectivity index (χ1) is 39.8. The number of benzene rings is 6. The average Bonchev–Trinajstić information content (AvgIpc) is 3.25. The topological polar surface area (TPSA) is 258 Å². The Morgan fingerprint density at radius 3 is 0.908 bits per heavy atom. The van der Waals surface area contributed by atoms with Gasteiger partial charge < -0.3 is 30.6 Å². The molecule has 0 spiro atoms. The van der Waals surface area contributed by atoms with Gasteiger partial charge in [0.05, 0.1) is 37.6 Å². The summed E-state index contributed by atoms with van der Waals surface area (Å²) >= 11 is 55.7. The van der Waals surface area contributed by atoms with Crippen LogP contribution in [0.5, 0.6) is 34.5 Å². The van der Waals surface area contributed by atoms with Crippen LogP contribution in [0.1, 0.15) is 69.1 Å². The maximum Gasteiger partial charge on any atom is 2.00 e. The number of aldehydes is 2. The minimum absolute atomic E-state index is 0. The smallest absolute Gasteiger partial charge is 0.871 e. The van der Waals surface area contributed by atoms with E-state index in [-0.39, 0.29) is 104 Å². The fourth-order valence-corrected chi connectivity index (χ4v) is 13.4. The summed E-state index contributed by atoms with van der Waals surface area (Å²) in [5.74, 6) is -1.37. The summed E-state index contributed by atoms with van der Waals surface area (Å²) in [6.45, 7) is 8.40. The molecule has 446 valence electrons. The molecule has 0 aromatic heterocycles. The first-order valence-corrected chi connectivity index (χ1v) is 31.3. The Hall–Kier alpha value is -1.89. The summed E-state index contributed by atoms with van der Waals surface area (Å²) in [7, 11) is 0. The van der Waals surface area contributed by atoms with Crippen molar-refractivity contribution in [3.05, 3.63) is 163 Å². The zero-order valence-corrected chi connectivity index (χ0v) is 68.9. The number of aliphatic imine (C=N–C) groups is 2. The molecule has 0 saturated carbocycles. The third-order valence-corrected chi connectivity index (χ3v) is 16.8. The van der Waals surface area contributed by atoms with Gasteiger partial charge in [-0.05, 0) is 95.1 Å². The Balaban J connectivity index is 0.00000100. The largest absolute Gasteiger partial charge is 2.00 e. The van der Waals surface area contributed by atoms with E-state index >= 15 is 0 Å². The molecule has 0 radical (unpaired) electrons. The first kappa shape index (κ1) is 83.1. The Morgan fingerprint density at radius 2 is 0.644 bits per heavy atom. The molecule has 6 aromatic rings. The molecule has 2 fully saturated rings. The fraction of sp³-hybridized carbons (Fsp3) is 0.250. The minimum Gasteiger partial charge on any atom is -0.871 e. The van der Waals surface area contributed by atoms with Crippen molar-refractivity contribution in [1.82, 2.24) is 19.6 Å². The van der Waals surface area contributed by atoms with Gasteiger partial charge in [-0.1, -0.05) is 200 Å². The first-order valence-electron chi connectivity index (χ1n) is 24.3. The molecule has 2 saturated heterocycles. The van der Waals surface area contributed by atoms with Crippen LogP contribution in [0, 0.1) is 22.7 Å². The normalized spacial score (nSPS) is 14.7. The molecule has 31 heteroatoms. The van der Waals surface area contributed by atoms with Crippen molar-refractivity contribution in [3.8, 4) is 46.6 Å². The van der Waals surface area contributed by atoms with Crippen LogP contribution in [0.4, 0.5) is 0 Å². The second-order valence-corrected chi connectivity index (χ2v) is 25.2. The molecule has 0 bridgehead atoms.